The number of fused-ring (bicyclic) bond motifs is 1. The summed E-state index contributed by atoms with van der Waals surface area (Å²) in [5.74, 6) is 0.731. The van der Waals surface area contributed by atoms with Crippen molar-refractivity contribution in [2.45, 2.75) is 19.8 Å². The molecule has 3 aromatic rings. The lowest BCUT2D eigenvalue weighted by atomic mass is 10.1. The smallest absolute Gasteiger partial charge is 0.141 e. The molecular weight excluding hydrogens is 311 g/mol. The Hall–Kier alpha value is -1.16. The molecule has 2 heterocycles. The van der Waals surface area contributed by atoms with Crippen molar-refractivity contribution in [2.75, 3.05) is 0 Å². The van der Waals surface area contributed by atoms with E-state index in [2.05, 4.69) is 23.0 Å². The van der Waals surface area contributed by atoms with Crippen LogP contribution in [0.3, 0.4) is 0 Å². The third-order valence-corrected chi connectivity index (χ3v) is 4.74. The molecule has 0 radical (unpaired) electrons. The molecule has 3 rings (SSSR count). The van der Waals surface area contributed by atoms with Gasteiger partial charge >= 0.3 is 0 Å². The topological polar surface area (TPSA) is 25.8 Å². The number of nitrogens with zero attached hydrogens (tertiary/aromatic N) is 2. The quantitative estimate of drug-likeness (QED) is 0.623. The van der Waals surface area contributed by atoms with Crippen LogP contribution in [0.15, 0.2) is 30.3 Å². The maximum atomic E-state index is 6.26. The Labute approximate surface area is 131 Å². The Bertz CT molecular complexity index is 768. The van der Waals surface area contributed by atoms with Gasteiger partial charge in [-0.2, -0.15) is 0 Å². The molecule has 5 heteroatoms. The second-order valence-corrected chi connectivity index (χ2v) is 6.43. The molecule has 0 saturated heterocycles. The summed E-state index contributed by atoms with van der Waals surface area (Å²) < 4.78 is 0. The molecule has 0 unspecified atom stereocenters. The fraction of sp³-hybridized carbons (Fsp3) is 0.200. The van der Waals surface area contributed by atoms with Crippen LogP contribution in [0.2, 0.25) is 10.2 Å². The van der Waals surface area contributed by atoms with Gasteiger partial charge in [0, 0.05) is 21.7 Å². The maximum absolute atomic E-state index is 6.26. The van der Waals surface area contributed by atoms with Gasteiger partial charge < -0.3 is 0 Å². The molecular formula is C15H12Cl2N2S. The number of aryl methyl sites for hydroxylation is 1. The van der Waals surface area contributed by atoms with Crippen LogP contribution in [0, 0.1) is 0 Å². The zero-order valence-corrected chi connectivity index (χ0v) is 13.2. The first-order chi connectivity index (χ1) is 9.65. The van der Waals surface area contributed by atoms with E-state index < -0.39 is 0 Å². The third-order valence-electron chi connectivity index (χ3n) is 3.04. The molecule has 102 valence electrons. The van der Waals surface area contributed by atoms with Crippen molar-refractivity contribution in [3.8, 4) is 0 Å². The molecule has 0 N–H and O–H groups in total. The summed E-state index contributed by atoms with van der Waals surface area (Å²) >= 11 is 13.9. The highest BCUT2D eigenvalue weighted by Crippen LogP contribution is 2.29. The molecule has 2 nitrogen and oxygen atoms in total. The highest BCUT2D eigenvalue weighted by Gasteiger charge is 2.10. The number of hydrogen-bond donors (Lipinski definition) is 0. The summed E-state index contributed by atoms with van der Waals surface area (Å²) in [6.07, 6.45) is 1.62. The van der Waals surface area contributed by atoms with Crippen molar-refractivity contribution >= 4 is 44.8 Å². The second kappa shape index (κ2) is 5.68. The van der Waals surface area contributed by atoms with Gasteiger partial charge in [0.15, 0.2) is 0 Å². The minimum atomic E-state index is 0.531. The average Bonchev–Trinajstić information content (AvgIpc) is 2.82. The largest absolute Gasteiger partial charge is 0.222 e. The molecule has 0 fully saturated rings. The normalized spacial score (nSPS) is 11.2. The third kappa shape index (κ3) is 2.80. The number of aromatic nitrogens is 2. The van der Waals surface area contributed by atoms with Gasteiger partial charge in [0.1, 0.15) is 15.8 Å². The fourth-order valence-corrected chi connectivity index (χ4v) is 3.56. The highest BCUT2D eigenvalue weighted by molar-refractivity contribution is 7.18. The minimum Gasteiger partial charge on any atom is -0.222 e. The van der Waals surface area contributed by atoms with Gasteiger partial charge in [0.25, 0.3) is 0 Å². The van der Waals surface area contributed by atoms with E-state index in [0.717, 1.165) is 33.0 Å². The van der Waals surface area contributed by atoms with Crippen LogP contribution in [0.1, 0.15) is 23.2 Å². The van der Waals surface area contributed by atoms with Crippen molar-refractivity contribution in [2.24, 2.45) is 0 Å². The predicted molar refractivity (Wildman–Crippen MR) is 86.1 cm³/mol. The Morgan fingerprint density at radius 2 is 2.00 bits per heavy atom. The lowest BCUT2D eigenvalue weighted by molar-refractivity contribution is 0.997. The van der Waals surface area contributed by atoms with Crippen molar-refractivity contribution < 1.29 is 0 Å². The summed E-state index contributed by atoms with van der Waals surface area (Å²) in [6.45, 7) is 2.12. The van der Waals surface area contributed by atoms with E-state index in [9.17, 15) is 0 Å². The van der Waals surface area contributed by atoms with E-state index in [1.54, 1.807) is 11.3 Å². The van der Waals surface area contributed by atoms with E-state index in [1.807, 2.05) is 24.3 Å². The first-order valence-electron chi connectivity index (χ1n) is 6.35. The van der Waals surface area contributed by atoms with E-state index in [1.165, 1.54) is 4.88 Å². The second-order valence-electron chi connectivity index (χ2n) is 4.52. The van der Waals surface area contributed by atoms with Crippen LogP contribution in [-0.4, -0.2) is 9.97 Å². The summed E-state index contributed by atoms with van der Waals surface area (Å²) in [4.78, 5) is 11.2. The molecule has 0 saturated carbocycles. The van der Waals surface area contributed by atoms with Gasteiger partial charge in [0.05, 0.1) is 0 Å². The van der Waals surface area contributed by atoms with E-state index in [0.29, 0.717) is 11.6 Å². The fourth-order valence-electron chi connectivity index (χ4n) is 2.06. The van der Waals surface area contributed by atoms with Crippen molar-refractivity contribution in [1.82, 2.24) is 9.97 Å². The van der Waals surface area contributed by atoms with Gasteiger partial charge in [-0.05, 0) is 30.2 Å². The number of halogens is 2. The first kappa shape index (κ1) is 13.8. The summed E-state index contributed by atoms with van der Waals surface area (Å²) in [6, 6.07) is 9.80. The van der Waals surface area contributed by atoms with Gasteiger partial charge in [-0.3, -0.25) is 0 Å². The number of thiophene rings is 1. The molecule has 2 aromatic heterocycles. The lowest BCUT2D eigenvalue weighted by Gasteiger charge is -2.02. The average molecular weight is 323 g/mol. The summed E-state index contributed by atoms with van der Waals surface area (Å²) in [5.41, 5.74) is 1.08. The standard InChI is InChI=1S/C15H12Cl2N2S/c1-2-11-8-12-14(17)18-13(19-15(12)20-11)7-9-4-3-5-10(16)6-9/h3-6,8H,2,7H2,1H3. The zero-order chi connectivity index (χ0) is 14.1. The Morgan fingerprint density at radius 1 is 1.15 bits per heavy atom. The van der Waals surface area contributed by atoms with Crippen LogP contribution >= 0.6 is 34.5 Å². The monoisotopic (exact) mass is 322 g/mol. The van der Waals surface area contributed by atoms with Crippen molar-refractivity contribution in [3.05, 3.63) is 56.8 Å². The molecule has 0 bridgehead atoms. The predicted octanol–water partition coefficient (Wildman–Crippen LogP) is 5.15. The molecule has 0 aliphatic heterocycles. The maximum Gasteiger partial charge on any atom is 0.141 e. The van der Waals surface area contributed by atoms with E-state index in [4.69, 9.17) is 23.2 Å². The van der Waals surface area contributed by atoms with Crippen LogP contribution in [0.25, 0.3) is 10.2 Å². The number of hydrogen-bond acceptors (Lipinski definition) is 3. The Balaban J connectivity index is 1.99. The number of benzene rings is 1. The highest BCUT2D eigenvalue weighted by atomic mass is 35.5. The van der Waals surface area contributed by atoms with Crippen molar-refractivity contribution in [1.29, 1.82) is 0 Å². The molecule has 20 heavy (non-hydrogen) atoms. The molecule has 0 amide bonds. The Morgan fingerprint density at radius 3 is 2.75 bits per heavy atom. The molecule has 1 aromatic carbocycles. The van der Waals surface area contributed by atoms with E-state index in [-0.39, 0.29) is 0 Å². The van der Waals surface area contributed by atoms with E-state index >= 15 is 0 Å². The van der Waals surface area contributed by atoms with Crippen molar-refractivity contribution in [3.63, 3.8) is 0 Å². The van der Waals surface area contributed by atoms with Crippen LogP contribution < -0.4 is 0 Å². The summed E-state index contributed by atoms with van der Waals surface area (Å²) in [5, 5.41) is 2.20. The van der Waals surface area contributed by atoms with Gasteiger partial charge in [-0.1, -0.05) is 42.3 Å². The molecule has 0 spiro atoms. The molecule has 0 aliphatic carbocycles. The molecule has 0 aliphatic rings. The minimum absolute atomic E-state index is 0.531. The van der Waals surface area contributed by atoms with Crippen LogP contribution in [-0.2, 0) is 12.8 Å². The van der Waals surface area contributed by atoms with Gasteiger partial charge in [0.2, 0.25) is 0 Å². The van der Waals surface area contributed by atoms with Gasteiger partial charge in [-0.25, -0.2) is 9.97 Å². The zero-order valence-electron chi connectivity index (χ0n) is 10.9. The Kier molecular flexibility index (Phi) is 3.92. The lowest BCUT2D eigenvalue weighted by Crippen LogP contribution is -1.96. The molecule has 0 atom stereocenters. The SMILES string of the molecule is CCc1cc2c(Cl)nc(Cc3cccc(Cl)c3)nc2s1. The first-order valence-corrected chi connectivity index (χ1v) is 7.92. The van der Waals surface area contributed by atoms with Gasteiger partial charge in [-0.15, -0.1) is 11.3 Å². The van der Waals surface area contributed by atoms with Crippen LogP contribution in [0.4, 0.5) is 0 Å². The number of rotatable bonds is 3. The summed E-state index contributed by atoms with van der Waals surface area (Å²) in [7, 11) is 0. The van der Waals surface area contributed by atoms with Crippen LogP contribution in [0.5, 0.6) is 0 Å².